The third-order valence-electron chi connectivity index (χ3n) is 3.37. The Bertz CT molecular complexity index is 792. The number of nitrogens with one attached hydrogen (secondary N) is 1. The zero-order valence-corrected chi connectivity index (χ0v) is 12.8. The van der Waals surface area contributed by atoms with E-state index in [1.807, 2.05) is 42.5 Å². The Morgan fingerprint density at radius 1 is 0.773 bits per heavy atom. The lowest BCUT2D eigenvalue weighted by molar-refractivity contribution is 0.899. The van der Waals surface area contributed by atoms with Crippen molar-refractivity contribution >= 4 is 27.8 Å². The highest BCUT2D eigenvalue weighted by Gasteiger charge is 2.08. The SMILES string of the molecule is CC(C)Nc1ccc2ccccc2c1N=Nc1ccccc1. The lowest BCUT2D eigenvalue weighted by atomic mass is 10.1. The van der Waals surface area contributed by atoms with Crippen molar-refractivity contribution in [1.29, 1.82) is 0 Å². The molecule has 0 unspecified atom stereocenters. The van der Waals surface area contributed by atoms with Crippen LogP contribution in [0.5, 0.6) is 0 Å². The largest absolute Gasteiger partial charge is 0.381 e. The molecule has 0 saturated carbocycles. The molecule has 1 N–H and O–H groups in total. The minimum absolute atomic E-state index is 0.340. The highest BCUT2D eigenvalue weighted by Crippen LogP contribution is 2.35. The van der Waals surface area contributed by atoms with Gasteiger partial charge < -0.3 is 5.32 Å². The number of benzene rings is 3. The molecule has 0 aromatic heterocycles. The molecule has 3 heteroatoms. The maximum Gasteiger partial charge on any atom is 0.117 e. The van der Waals surface area contributed by atoms with E-state index < -0.39 is 0 Å². The van der Waals surface area contributed by atoms with E-state index in [0.717, 1.165) is 22.4 Å². The molecule has 0 bridgehead atoms. The van der Waals surface area contributed by atoms with Crippen LogP contribution in [0.2, 0.25) is 0 Å². The van der Waals surface area contributed by atoms with Gasteiger partial charge in [-0.25, -0.2) is 0 Å². The zero-order valence-electron chi connectivity index (χ0n) is 12.8. The van der Waals surface area contributed by atoms with Gasteiger partial charge in [-0.1, -0.05) is 48.5 Å². The summed E-state index contributed by atoms with van der Waals surface area (Å²) in [7, 11) is 0. The van der Waals surface area contributed by atoms with Crippen LogP contribution in [0, 0.1) is 0 Å². The van der Waals surface area contributed by atoms with Crippen LogP contribution in [-0.2, 0) is 0 Å². The summed E-state index contributed by atoms with van der Waals surface area (Å²) < 4.78 is 0. The van der Waals surface area contributed by atoms with Gasteiger partial charge in [-0.2, -0.15) is 5.11 Å². The van der Waals surface area contributed by atoms with E-state index in [1.54, 1.807) is 0 Å². The second-order valence-corrected chi connectivity index (χ2v) is 5.52. The monoisotopic (exact) mass is 289 g/mol. The predicted molar refractivity (Wildman–Crippen MR) is 93.3 cm³/mol. The maximum atomic E-state index is 4.52. The van der Waals surface area contributed by atoms with Crippen LogP contribution in [0.15, 0.2) is 77.0 Å². The molecule has 3 nitrogen and oxygen atoms in total. The second-order valence-electron chi connectivity index (χ2n) is 5.52. The van der Waals surface area contributed by atoms with Crippen LogP contribution in [0.3, 0.4) is 0 Å². The van der Waals surface area contributed by atoms with Crippen molar-refractivity contribution in [3.05, 3.63) is 66.7 Å². The summed E-state index contributed by atoms with van der Waals surface area (Å²) >= 11 is 0. The van der Waals surface area contributed by atoms with Crippen LogP contribution in [-0.4, -0.2) is 6.04 Å². The summed E-state index contributed by atoms with van der Waals surface area (Å²) in [5, 5.41) is 14.6. The second kappa shape index (κ2) is 6.39. The summed E-state index contributed by atoms with van der Waals surface area (Å²) in [6, 6.07) is 22.6. The molecule has 22 heavy (non-hydrogen) atoms. The van der Waals surface area contributed by atoms with Crippen molar-refractivity contribution in [2.75, 3.05) is 5.32 Å². The van der Waals surface area contributed by atoms with E-state index in [9.17, 15) is 0 Å². The summed E-state index contributed by atoms with van der Waals surface area (Å²) in [4.78, 5) is 0. The number of nitrogens with zero attached hydrogens (tertiary/aromatic N) is 2. The highest BCUT2D eigenvalue weighted by molar-refractivity contribution is 5.98. The topological polar surface area (TPSA) is 36.8 Å². The minimum atomic E-state index is 0.340. The molecule has 110 valence electrons. The number of hydrogen-bond acceptors (Lipinski definition) is 3. The lowest BCUT2D eigenvalue weighted by Gasteiger charge is -2.13. The van der Waals surface area contributed by atoms with Gasteiger partial charge in [0.2, 0.25) is 0 Å². The summed E-state index contributed by atoms with van der Waals surface area (Å²) in [5.41, 5.74) is 2.75. The van der Waals surface area contributed by atoms with Crippen molar-refractivity contribution in [2.24, 2.45) is 10.2 Å². The van der Waals surface area contributed by atoms with E-state index in [4.69, 9.17) is 0 Å². The molecular weight excluding hydrogens is 270 g/mol. The van der Waals surface area contributed by atoms with Crippen molar-refractivity contribution in [3.63, 3.8) is 0 Å². The van der Waals surface area contributed by atoms with Crippen LogP contribution < -0.4 is 5.32 Å². The fraction of sp³-hybridized carbons (Fsp3) is 0.158. The molecule has 0 fully saturated rings. The van der Waals surface area contributed by atoms with Crippen LogP contribution in [0.4, 0.5) is 17.1 Å². The van der Waals surface area contributed by atoms with E-state index in [2.05, 4.69) is 53.7 Å². The third-order valence-corrected chi connectivity index (χ3v) is 3.37. The normalized spacial score (nSPS) is 11.4. The number of rotatable bonds is 4. The number of anilines is 1. The Kier molecular flexibility index (Phi) is 4.15. The van der Waals surface area contributed by atoms with Crippen LogP contribution >= 0.6 is 0 Å². The summed E-state index contributed by atoms with van der Waals surface area (Å²) in [6.45, 7) is 4.24. The van der Waals surface area contributed by atoms with Gasteiger partial charge >= 0.3 is 0 Å². The molecule has 0 radical (unpaired) electrons. The quantitative estimate of drug-likeness (QED) is 0.581. The first-order valence-corrected chi connectivity index (χ1v) is 7.49. The van der Waals surface area contributed by atoms with Crippen LogP contribution in [0.1, 0.15) is 13.8 Å². The molecule has 0 amide bonds. The molecule has 0 aliphatic carbocycles. The molecule has 0 spiro atoms. The molecule has 3 aromatic carbocycles. The van der Waals surface area contributed by atoms with Gasteiger partial charge in [0.25, 0.3) is 0 Å². The predicted octanol–water partition coefficient (Wildman–Crippen LogP) is 6.08. The van der Waals surface area contributed by atoms with Crippen molar-refractivity contribution in [1.82, 2.24) is 0 Å². The number of azo groups is 1. The first-order chi connectivity index (χ1) is 10.7. The molecule has 0 aliphatic heterocycles. The van der Waals surface area contributed by atoms with Gasteiger partial charge in [-0.05, 0) is 37.4 Å². The number of fused-ring (bicyclic) bond motifs is 1. The first-order valence-electron chi connectivity index (χ1n) is 7.49. The zero-order chi connectivity index (χ0) is 15.4. The Hall–Kier alpha value is -2.68. The molecule has 0 aliphatic rings. The fourth-order valence-corrected chi connectivity index (χ4v) is 2.39. The average molecular weight is 289 g/mol. The molecular formula is C19H19N3. The smallest absolute Gasteiger partial charge is 0.117 e. The van der Waals surface area contributed by atoms with Gasteiger partial charge in [-0.15, -0.1) is 5.11 Å². The molecule has 0 atom stereocenters. The van der Waals surface area contributed by atoms with E-state index in [-0.39, 0.29) is 0 Å². The van der Waals surface area contributed by atoms with E-state index >= 15 is 0 Å². The highest BCUT2D eigenvalue weighted by atomic mass is 15.1. The standard InChI is InChI=1S/C19H19N3/c1-14(2)20-18-13-12-15-8-6-7-11-17(15)19(18)22-21-16-9-4-3-5-10-16/h3-14,20H,1-2H3. The Morgan fingerprint density at radius 3 is 2.27 bits per heavy atom. The fourth-order valence-electron chi connectivity index (χ4n) is 2.39. The first kappa shape index (κ1) is 14.3. The average Bonchev–Trinajstić information content (AvgIpc) is 2.54. The van der Waals surface area contributed by atoms with E-state index in [0.29, 0.717) is 6.04 Å². The van der Waals surface area contributed by atoms with Gasteiger partial charge in [0.05, 0.1) is 11.4 Å². The molecule has 0 heterocycles. The van der Waals surface area contributed by atoms with Crippen molar-refractivity contribution < 1.29 is 0 Å². The molecule has 3 rings (SSSR count). The van der Waals surface area contributed by atoms with Gasteiger partial charge in [-0.3, -0.25) is 0 Å². The van der Waals surface area contributed by atoms with Gasteiger partial charge in [0.1, 0.15) is 5.69 Å². The Labute approximate surface area is 130 Å². The molecule has 3 aromatic rings. The summed E-state index contributed by atoms with van der Waals surface area (Å²) in [6.07, 6.45) is 0. The third kappa shape index (κ3) is 3.14. The minimum Gasteiger partial charge on any atom is -0.381 e. The Balaban J connectivity index is 2.10. The van der Waals surface area contributed by atoms with Crippen molar-refractivity contribution in [2.45, 2.75) is 19.9 Å². The van der Waals surface area contributed by atoms with Gasteiger partial charge in [0, 0.05) is 11.4 Å². The van der Waals surface area contributed by atoms with Crippen molar-refractivity contribution in [3.8, 4) is 0 Å². The summed E-state index contributed by atoms with van der Waals surface area (Å²) in [5.74, 6) is 0. The maximum absolute atomic E-state index is 4.52. The van der Waals surface area contributed by atoms with E-state index in [1.165, 1.54) is 5.39 Å². The number of hydrogen-bond donors (Lipinski definition) is 1. The Morgan fingerprint density at radius 2 is 1.50 bits per heavy atom. The molecule has 0 saturated heterocycles. The lowest BCUT2D eigenvalue weighted by Crippen LogP contribution is -2.09. The van der Waals surface area contributed by atoms with Crippen LogP contribution in [0.25, 0.3) is 10.8 Å². The van der Waals surface area contributed by atoms with Gasteiger partial charge in [0.15, 0.2) is 0 Å².